The van der Waals surface area contributed by atoms with Crippen molar-refractivity contribution >= 4 is 61.3 Å². The molecule has 0 amide bonds. The molecular weight excluding hydrogens is 874 g/mol. The number of ether oxygens (including phenoxy) is 3. The molecule has 4 aromatic carbocycles. The van der Waals surface area contributed by atoms with E-state index in [0.29, 0.717) is 51.5 Å². The van der Waals surface area contributed by atoms with E-state index < -0.39 is 23.3 Å². The van der Waals surface area contributed by atoms with Gasteiger partial charge in [-0.3, -0.25) is 15.1 Å². The number of rotatable bonds is 9. The van der Waals surface area contributed by atoms with E-state index in [-0.39, 0.29) is 23.3 Å². The van der Waals surface area contributed by atoms with Crippen LogP contribution in [0.4, 0.5) is 40.8 Å². The highest BCUT2D eigenvalue weighted by Crippen LogP contribution is 2.36. The minimum absolute atomic E-state index is 0.0616. The Hall–Kier alpha value is -7.14. The van der Waals surface area contributed by atoms with Crippen molar-refractivity contribution in [2.45, 2.75) is 0 Å². The van der Waals surface area contributed by atoms with Gasteiger partial charge in [0, 0.05) is 58.8 Å². The molecule has 1 fully saturated rings. The first-order valence-electron chi connectivity index (χ1n) is 18.8. The maximum absolute atomic E-state index is 14.0. The lowest BCUT2D eigenvalue weighted by molar-refractivity contribution is 0.0443. The summed E-state index contributed by atoms with van der Waals surface area (Å²) in [6, 6.07) is 17.7. The zero-order valence-electron chi connectivity index (χ0n) is 32.9. The highest BCUT2D eigenvalue weighted by molar-refractivity contribution is 9.10. The number of fused-ring (bicyclic) bond motifs is 2. The number of aromatic amines is 2. The summed E-state index contributed by atoms with van der Waals surface area (Å²) in [4.78, 5) is 19.4. The van der Waals surface area contributed by atoms with Crippen LogP contribution in [0.3, 0.4) is 0 Å². The van der Waals surface area contributed by atoms with Gasteiger partial charge in [-0.05, 0) is 60.7 Å². The monoisotopic (exact) mass is 907 g/mol. The smallest absolute Gasteiger partial charge is 0.229 e. The molecule has 1 saturated heterocycles. The molecule has 62 heavy (non-hydrogen) atoms. The summed E-state index contributed by atoms with van der Waals surface area (Å²) < 4.78 is 71.2. The maximum Gasteiger partial charge on any atom is 0.229 e. The van der Waals surface area contributed by atoms with Crippen LogP contribution < -0.4 is 20.1 Å². The molecule has 0 atom stereocenters. The van der Waals surface area contributed by atoms with Gasteiger partial charge in [0.05, 0.1) is 67.5 Å². The lowest BCUT2D eigenvalue weighted by Crippen LogP contribution is -2.36. The van der Waals surface area contributed by atoms with Crippen molar-refractivity contribution in [2.75, 3.05) is 57.7 Å². The second kappa shape index (κ2) is 18.6. The van der Waals surface area contributed by atoms with Crippen LogP contribution in [-0.4, -0.2) is 92.3 Å². The Labute approximate surface area is 359 Å². The average molecular weight is 909 g/mol. The number of anilines is 4. The highest BCUT2D eigenvalue weighted by Gasteiger charge is 2.18. The van der Waals surface area contributed by atoms with Crippen LogP contribution in [0.15, 0.2) is 89.7 Å². The SMILES string of the molecule is COc1ccc(Br)cc1-c1[nH]nc2nc(Nc3ccc(F)cc3F)ncc12.COc1ccc(C#CCN2CCOCC2)cc1-c1[nH]nc2nc(Nc3ccc(F)cc3F)ncc12. The summed E-state index contributed by atoms with van der Waals surface area (Å²) in [5.41, 5.74) is 4.67. The Morgan fingerprint density at radius 3 is 1.77 bits per heavy atom. The number of methoxy groups -OCH3 is 2. The van der Waals surface area contributed by atoms with Gasteiger partial charge in [0.1, 0.15) is 34.8 Å². The molecule has 1 aliphatic rings. The molecule has 4 N–H and O–H groups in total. The molecule has 19 heteroatoms. The zero-order chi connectivity index (χ0) is 43.2. The van der Waals surface area contributed by atoms with E-state index >= 15 is 0 Å². The van der Waals surface area contributed by atoms with Crippen LogP contribution in [0, 0.1) is 35.1 Å². The quantitative estimate of drug-likeness (QED) is 0.0808. The predicted molar refractivity (Wildman–Crippen MR) is 228 cm³/mol. The average Bonchev–Trinajstić information content (AvgIpc) is 3.90. The predicted octanol–water partition coefficient (Wildman–Crippen LogP) is 8.55. The van der Waals surface area contributed by atoms with E-state index in [2.05, 4.69) is 83.6 Å². The van der Waals surface area contributed by atoms with Gasteiger partial charge in [0.2, 0.25) is 11.9 Å². The van der Waals surface area contributed by atoms with Gasteiger partial charge in [-0.25, -0.2) is 27.5 Å². The second-order valence-electron chi connectivity index (χ2n) is 13.5. The molecule has 0 unspecified atom stereocenters. The van der Waals surface area contributed by atoms with Gasteiger partial charge in [0.25, 0.3) is 0 Å². The molecule has 9 rings (SSSR count). The lowest BCUT2D eigenvalue weighted by Gasteiger charge is -2.24. The van der Waals surface area contributed by atoms with Gasteiger partial charge in [0.15, 0.2) is 11.3 Å². The second-order valence-corrected chi connectivity index (χ2v) is 14.4. The number of halogens is 5. The highest BCUT2D eigenvalue weighted by atomic mass is 79.9. The molecule has 0 spiro atoms. The number of aromatic nitrogens is 8. The maximum atomic E-state index is 14.0. The minimum Gasteiger partial charge on any atom is -0.496 e. The number of nitrogens with zero attached hydrogens (tertiary/aromatic N) is 7. The third-order valence-electron chi connectivity index (χ3n) is 9.52. The molecule has 0 radical (unpaired) electrons. The Bertz CT molecular complexity index is 2970. The van der Waals surface area contributed by atoms with Crippen LogP contribution in [0.2, 0.25) is 0 Å². The van der Waals surface area contributed by atoms with Crippen molar-refractivity contribution in [3.63, 3.8) is 0 Å². The fourth-order valence-corrected chi connectivity index (χ4v) is 6.79. The van der Waals surface area contributed by atoms with Crippen LogP contribution in [-0.2, 0) is 4.74 Å². The van der Waals surface area contributed by atoms with Crippen LogP contribution >= 0.6 is 15.9 Å². The van der Waals surface area contributed by atoms with Crippen LogP contribution in [0.5, 0.6) is 11.5 Å². The normalized spacial score (nSPS) is 12.6. The minimum atomic E-state index is -0.743. The largest absolute Gasteiger partial charge is 0.496 e. The van der Waals surface area contributed by atoms with Crippen molar-refractivity contribution in [1.82, 2.24) is 45.2 Å². The molecule has 0 saturated carbocycles. The number of H-pyrrole nitrogens is 2. The number of benzene rings is 4. The van der Waals surface area contributed by atoms with Crippen molar-refractivity contribution in [3.05, 3.63) is 118 Å². The van der Waals surface area contributed by atoms with Gasteiger partial charge >= 0.3 is 0 Å². The first-order valence-corrected chi connectivity index (χ1v) is 19.6. The van der Waals surface area contributed by atoms with E-state index in [9.17, 15) is 17.6 Å². The van der Waals surface area contributed by atoms with Crippen molar-refractivity contribution in [1.29, 1.82) is 0 Å². The summed E-state index contributed by atoms with van der Waals surface area (Å²) in [5, 5.41) is 21.2. The lowest BCUT2D eigenvalue weighted by atomic mass is 10.1. The Morgan fingerprint density at radius 2 is 1.24 bits per heavy atom. The Kier molecular flexibility index (Phi) is 12.5. The molecule has 314 valence electrons. The van der Waals surface area contributed by atoms with E-state index in [1.54, 1.807) is 26.6 Å². The van der Waals surface area contributed by atoms with E-state index in [0.717, 1.165) is 71.7 Å². The Balaban J connectivity index is 0.000000176. The summed E-state index contributed by atoms with van der Waals surface area (Å²) >= 11 is 3.44. The molecule has 4 aromatic heterocycles. The zero-order valence-corrected chi connectivity index (χ0v) is 34.4. The van der Waals surface area contributed by atoms with Gasteiger partial charge in [-0.2, -0.15) is 20.2 Å². The molecule has 0 aliphatic carbocycles. The molecule has 8 aromatic rings. The fourth-order valence-electron chi connectivity index (χ4n) is 6.43. The van der Waals surface area contributed by atoms with Gasteiger partial charge < -0.3 is 24.8 Å². The van der Waals surface area contributed by atoms with Crippen molar-refractivity contribution < 1.29 is 31.8 Å². The third-order valence-corrected chi connectivity index (χ3v) is 10.0. The van der Waals surface area contributed by atoms with Crippen LogP contribution in [0.25, 0.3) is 44.6 Å². The van der Waals surface area contributed by atoms with E-state index in [1.165, 1.54) is 12.1 Å². The number of morpholine rings is 1. The van der Waals surface area contributed by atoms with Gasteiger partial charge in [-0.15, -0.1) is 0 Å². The first kappa shape index (κ1) is 41.6. The van der Waals surface area contributed by atoms with Gasteiger partial charge in [-0.1, -0.05) is 27.8 Å². The molecule has 14 nitrogen and oxygen atoms in total. The first-order chi connectivity index (χ1) is 30.1. The Morgan fingerprint density at radius 1 is 0.710 bits per heavy atom. The van der Waals surface area contributed by atoms with Crippen molar-refractivity contribution in [3.8, 4) is 45.9 Å². The van der Waals surface area contributed by atoms with E-state index in [4.69, 9.17) is 14.2 Å². The van der Waals surface area contributed by atoms with Crippen molar-refractivity contribution in [2.24, 2.45) is 0 Å². The molecular formula is C43H34BrF4N11O3. The molecule has 0 bridgehead atoms. The summed E-state index contributed by atoms with van der Waals surface area (Å²) in [6.07, 6.45) is 3.16. The number of hydrogen-bond donors (Lipinski definition) is 4. The number of nitrogens with one attached hydrogen (secondary N) is 4. The summed E-state index contributed by atoms with van der Waals surface area (Å²) in [6.45, 7) is 3.91. The van der Waals surface area contributed by atoms with Crippen LogP contribution in [0.1, 0.15) is 5.56 Å². The standard InChI is InChI=1S/C25H22F2N6O2.C18H12BrF2N5O/c1-34-22-7-4-16(3-2-8-33-9-11-35-12-10-33)13-18(22)23-19-15-28-25(30-24(19)32-31-23)29-21-6-5-17(26)14-20(21)27;1-27-15-5-2-9(19)6-11(15)16-12-8-22-18(24-17(12)26-25-16)23-14-4-3-10(20)7-13(14)21/h4-7,13-15H,8-12H2,1H3,(H2,28,29,30,31,32);2-8H,1H3,(H2,22,23,24,25,26). The summed E-state index contributed by atoms with van der Waals surface area (Å²) in [5.74, 6) is 5.23. The fraction of sp³-hybridized carbons (Fsp3) is 0.163. The topological polar surface area (TPSA) is 164 Å². The third kappa shape index (κ3) is 9.42. The summed E-state index contributed by atoms with van der Waals surface area (Å²) in [7, 11) is 3.18. The number of hydrogen-bond acceptors (Lipinski definition) is 12. The van der Waals surface area contributed by atoms with E-state index in [1.807, 2.05) is 36.4 Å². The molecule has 1 aliphatic heterocycles. The molecule has 5 heterocycles.